The van der Waals surface area contributed by atoms with Crippen LogP contribution in [-0.4, -0.2) is 58.7 Å². The Balaban J connectivity index is 1.51. The summed E-state index contributed by atoms with van der Waals surface area (Å²) in [6, 6.07) is 7.88. The Hall–Kier alpha value is -2.18. The number of ether oxygens (including phenoxy) is 1. The first-order chi connectivity index (χ1) is 13.4. The number of amides is 1. The van der Waals surface area contributed by atoms with Gasteiger partial charge in [-0.05, 0) is 52.3 Å². The number of aryl methyl sites for hydroxylation is 1. The first kappa shape index (κ1) is 20.6. The molecule has 0 saturated carbocycles. The molecule has 2 atom stereocenters. The van der Waals surface area contributed by atoms with E-state index >= 15 is 0 Å². The summed E-state index contributed by atoms with van der Waals surface area (Å²) in [5.74, 6) is 0.00378. The molecule has 0 spiro atoms. The van der Waals surface area contributed by atoms with E-state index in [4.69, 9.17) is 4.74 Å². The van der Waals surface area contributed by atoms with E-state index in [1.165, 1.54) is 0 Å². The van der Waals surface area contributed by atoms with Gasteiger partial charge in [0, 0.05) is 43.8 Å². The molecule has 2 unspecified atom stereocenters. The molecule has 2 aromatic rings. The van der Waals surface area contributed by atoms with E-state index in [1.807, 2.05) is 38.1 Å². The van der Waals surface area contributed by atoms with Gasteiger partial charge in [0.25, 0.3) is 5.91 Å². The molecule has 0 bridgehead atoms. The molecule has 0 radical (unpaired) electrons. The quantitative estimate of drug-likeness (QED) is 0.746. The van der Waals surface area contributed by atoms with Gasteiger partial charge < -0.3 is 14.6 Å². The van der Waals surface area contributed by atoms with Crippen LogP contribution in [0.1, 0.15) is 47.7 Å². The zero-order chi connectivity index (χ0) is 20.1. The molecule has 152 valence electrons. The van der Waals surface area contributed by atoms with Crippen LogP contribution in [0, 0.1) is 13.8 Å². The minimum atomic E-state index is 0.00378. The molecule has 6 heteroatoms. The maximum Gasteiger partial charge on any atom is 0.253 e. The fourth-order valence-electron chi connectivity index (χ4n) is 3.99. The summed E-state index contributed by atoms with van der Waals surface area (Å²) in [6.45, 7) is 12.5. The second-order valence-corrected chi connectivity index (χ2v) is 7.82. The Morgan fingerprint density at radius 1 is 1.25 bits per heavy atom. The predicted molar refractivity (Wildman–Crippen MR) is 111 cm³/mol. The molecular formula is C22H32N4O2. The van der Waals surface area contributed by atoms with Gasteiger partial charge in [-0.2, -0.15) is 0 Å². The Labute approximate surface area is 167 Å². The van der Waals surface area contributed by atoms with Gasteiger partial charge in [-0.15, -0.1) is 0 Å². The van der Waals surface area contributed by atoms with Gasteiger partial charge in [-0.1, -0.05) is 6.07 Å². The normalized spacial score (nSPS) is 20.3. The number of rotatable bonds is 7. The van der Waals surface area contributed by atoms with Crippen LogP contribution in [0.4, 0.5) is 0 Å². The summed E-state index contributed by atoms with van der Waals surface area (Å²) in [7, 11) is 0. The van der Waals surface area contributed by atoms with Gasteiger partial charge in [0.1, 0.15) is 0 Å². The van der Waals surface area contributed by atoms with Gasteiger partial charge in [0.2, 0.25) is 0 Å². The van der Waals surface area contributed by atoms with E-state index in [0.29, 0.717) is 13.1 Å². The van der Waals surface area contributed by atoms with Crippen LogP contribution >= 0.6 is 0 Å². The standard InChI is InChI=1S/C22H32N4O2/c1-16-12-21(19(4)26(16)15-20-8-5-6-9-23-20)22(27)24-10-7-11-25-13-17(2)28-18(3)14-25/h5-6,8-9,12,17-18H,7,10-11,13-15H2,1-4H3,(H,24,27). The number of nitrogens with one attached hydrogen (secondary N) is 1. The number of pyridine rings is 1. The highest BCUT2D eigenvalue weighted by Crippen LogP contribution is 2.17. The van der Waals surface area contributed by atoms with Crippen LogP contribution in [0.15, 0.2) is 30.5 Å². The fraction of sp³-hybridized carbons (Fsp3) is 0.545. The lowest BCUT2D eigenvalue weighted by molar-refractivity contribution is -0.0679. The zero-order valence-corrected chi connectivity index (χ0v) is 17.4. The lowest BCUT2D eigenvalue weighted by atomic mass is 10.2. The number of morpholine rings is 1. The average molecular weight is 385 g/mol. The molecule has 1 fully saturated rings. The van der Waals surface area contributed by atoms with Crippen LogP contribution in [0.25, 0.3) is 0 Å². The van der Waals surface area contributed by atoms with Crippen molar-refractivity contribution < 1.29 is 9.53 Å². The summed E-state index contributed by atoms with van der Waals surface area (Å²) in [5, 5.41) is 3.08. The summed E-state index contributed by atoms with van der Waals surface area (Å²) >= 11 is 0. The smallest absolute Gasteiger partial charge is 0.253 e. The van der Waals surface area contributed by atoms with E-state index < -0.39 is 0 Å². The van der Waals surface area contributed by atoms with Crippen molar-refractivity contribution in [3.63, 3.8) is 0 Å². The monoisotopic (exact) mass is 384 g/mol. The molecule has 6 nitrogen and oxygen atoms in total. The van der Waals surface area contributed by atoms with Crippen molar-refractivity contribution >= 4 is 5.91 Å². The molecule has 1 aliphatic heterocycles. The van der Waals surface area contributed by atoms with E-state index in [1.54, 1.807) is 6.20 Å². The summed E-state index contributed by atoms with van der Waals surface area (Å²) in [6.07, 6.45) is 3.30. The van der Waals surface area contributed by atoms with Gasteiger partial charge >= 0.3 is 0 Å². The maximum absolute atomic E-state index is 12.7. The number of hydrogen-bond acceptors (Lipinski definition) is 4. The SMILES string of the molecule is Cc1cc(C(=O)NCCCN2CC(C)OC(C)C2)c(C)n1Cc1ccccn1. The highest BCUT2D eigenvalue weighted by atomic mass is 16.5. The van der Waals surface area contributed by atoms with Crippen molar-refractivity contribution in [1.29, 1.82) is 0 Å². The highest BCUT2D eigenvalue weighted by molar-refractivity contribution is 5.95. The third-order valence-electron chi connectivity index (χ3n) is 5.30. The predicted octanol–water partition coefficient (Wildman–Crippen LogP) is 2.78. The minimum absolute atomic E-state index is 0.00378. The molecule has 0 aromatic carbocycles. The Morgan fingerprint density at radius 2 is 2.00 bits per heavy atom. The van der Waals surface area contributed by atoms with Crippen molar-refractivity contribution in [2.45, 2.75) is 52.9 Å². The molecule has 1 N–H and O–H groups in total. The molecule has 0 aliphatic carbocycles. The number of aromatic nitrogens is 2. The lowest BCUT2D eigenvalue weighted by Crippen LogP contribution is -2.46. The third-order valence-corrected chi connectivity index (χ3v) is 5.30. The number of nitrogens with zero attached hydrogens (tertiary/aromatic N) is 3. The first-order valence-corrected chi connectivity index (χ1v) is 10.2. The summed E-state index contributed by atoms with van der Waals surface area (Å²) in [5.41, 5.74) is 3.80. The summed E-state index contributed by atoms with van der Waals surface area (Å²) in [4.78, 5) is 19.5. The maximum atomic E-state index is 12.7. The van der Waals surface area contributed by atoms with E-state index in [-0.39, 0.29) is 18.1 Å². The molecule has 1 aliphatic rings. The van der Waals surface area contributed by atoms with Crippen LogP contribution in [0.5, 0.6) is 0 Å². The highest BCUT2D eigenvalue weighted by Gasteiger charge is 2.21. The molecule has 1 saturated heterocycles. The molecule has 3 rings (SSSR count). The van der Waals surface area contributed by atoms with Crippen LogP contribution in [0.2, 0.25) is 0 Å². The lowest BCUT2D eigenvalue weighted by Gasteiger charge is -2.35. The van der Waals surface area contributed by atoms with Gasteiger partial charge in [0.15, 0.2) is 0 Å². The largest absolute Gasteiger partial charge is 0.373 e. The molecule has 3 heterocycles. The van der Waals surface area contributed by atoms with Crippen LogP contribution < -0.4 is 5.32 Å². The molecular weight excluding hydrogens is 352 g/mol. The van der Waals surface area contributed by atoms with Crippen molar-refractivity contribution in [3.05, 3.63) is 53.1 Å². The van der Waals surface area contributed by atoms with Gasteiger partial charge in [0.05, 0.1) is 30.0 Å². The first-order valence-electron chi connectivity index (χ1n) is 10.2. The number of hydrogen-bond donors (Lipinski definition) is 1. The Kier molecular flexibility index (Phi) is 6.86. The second-order valence-electron chi connectivity index (χ2n) is 7.82. The molecule has 2 aromatic heterocycles. The van der Waals surface area contributed by atoms with E-state index in [9.17, 15) is 4.79 Å². The second kappa shape index (κ2) is 9.34. The minimum Gasteiger partial charge on any atom is -0.373 e. The molecule has 28 heavy (non-hydrogen) atoms. The van der Waals surface area contributed by atoms with Crippen molar-refractivity contribution in [2.75, 3.05) is 26.2 Å². The Bertz CT molecular complexity index is 777. The average Bonchev–Trinajstić information content (AvgIpc) is 2.93. The third kappa shape index (κ3) is 5.20. The van der Waals surface area contributed by atoms with Crippen LogP contribution in [0.3, 0.4) is 0 Å². The van der Waals surface area contributed by atoms with Gasteiger partial charge in [-0.3, -0.25) is 14.7 Å². The van der Waals surface area contributed by atoms with E-state index in [0.717, 1.165) is 48.7 Å². The topological polar surface area (TPSA) is 59.4 Å². The number of carbonyl (C=O) groups excluding carboxylic acids is 1. The van der Waals surface area contributed by atoms with E-state index in [2.05, 4.69) is 33.6 Å². The van der Waals surface area contributed by atoms with Gasteiger partial charge in [-0.25, -0.2) is 0 Å². The van der Waals surface area contributed by atoms with Crippen molar-refractivity contribution in [2.24, 2.45) is 0 Å². The molecule has 1 amide bonds. The number of carbonyl (C=O) groups is 1. The van der Waals surface area contributed by atoms with Crippen molar-refractivity contribution in [1.82, 2.24) is 19.8 Å². The summed E-state index contributed by atoms with van der Waals surface area (Å²) < 4.78 is 7.92. The fourth-order valence-corrected chi connectivity index (χ4v) is 3.99. The Morgan fingerprint density at radius 3 is 2.68 bits per heavy atom. The zero-order valence-electron chi connectivity index (χ0n) is 17.4. The van der Waals surface area contributed by atoms with Crippen LogP contribution in [-0.2, 0) is 11.3 Å². The van der Waals surface area contributed by atoms with Crippen molar-refractivity contribution in [3.8, 4) is 0 Å².